The molecule has 17 heavy (non-hydrogen) atoms. The van der Waals surface area contributed by atoms with Crippen LogP contribution in [0.1, 0.15) is 40.8 Å². The molecule has 0 aromatic carbocycles. The summed E-state index contributed by atoms with van der Waals surface area (Å²) < 4.78 is 2.33. The number of rotatable bonds is 1. The van der Waals surface area contributed by atoms with Gasteiger partial charge in [0.2, 0.25) is 0 Å². The Hall–Kier alpha value is -0.870. The molecule has 1 N–H and O–H groups in total. The van der Waals surface area contributed by atoms with Crippen molar-refractivity contribution < 1.29 is 0 Å². The van der Waals surface area contributed by atoms with Crippen molar-refractivity contribution in [1.29, 1.82) is 0 Å². The fraction of sp³-hybridized carbons (Fsp3) is 0.615. The Morgan fingerprint density at radius 3 is 2.65 bits per heavy atom. The van der Waals surface area contributed by atoms with Gasteiger partial charge >= 0.3 is 0 Å². The van der Waals surface area contributed by atoms with E-state index in [1.807, 2.05) is 11.3 Å². The quantitative estimate of drug-likeness (QED) is 0.842. The van der Waals surface area contributed by atoms with E-state index in [9.17, 15) is 0 Å². The van der Waals surface area contributed by atoms with Gasteiger partial charge in [-0.1, -0.05) is 0 Å². The summed E-state index contributed by atoms with van der Waals surface area (Å²) in [6.07, 6.45) is 2.45. The minimum Gasteiger partial charge on any atom is -0.317 e. The van der Waals surface area contributed by atoms with Gasteiger partial charge in [0, 0.05) is 16.5 Å². The molecule has 0 unspecified atom stereocenters. The molecule has 1 saturated heterocycles. The summed E-state index contributed by atoms with van der Waals surface area (Å²) in [5.41, 5.74) is 2.69. The second kappa shape index (κ2) is 4.10. The van der Waals surface area contributed by atoms with Crippen LogP contribution >= 0.6 is 11.3 Å². The molecule has 2 aromatic heterocycles. The molecule has 0 saturated carbocycles. The van der Waals surface area contributed by atoms with Gasteiger partial charge in [-0.05, 0) is 46.7 Å². The monoisotopic (exact) mass is 249 g/mol. The molecule has 0 bridgehead atoms. The van der Waals surface area contributed by atoms with Crippen molar-refractivity contribution in [3.63, 3.8) is 0 Å². The molecule has 0 aliphatic carbocycles. The Balaban J connectivity index is 2.13. The Morgan fingerprint density at radius 2 is 1.94 bits per heavy atom. The van der Waals surface area contributed by atoms with Crippen LogP contribution in [0.15, 0.2) is 0 Å². The van der Waals surface area contributed by atoms with E-state index >= 15 is 0 Å². The lowest BCUT2D eigenvalue weighted by Gasteiger charge is -2.20. The molecule has 92 valence electrons. The fourth-order valence-corrected chi connectivity index (χ4v) is 3.97. The van der Waals surface area contributed by atoms with Gasteiger partial charge in [0.15, 0.2) is 0 Å². The first-order valence-electron chi connectivity index (χ1n) is 6.34. The van der Waals surface area contributed by atoms with Gasteiger partial charge in [-0.2, -0.15) is 0 Å². The largest absolute Gasteiger partial charge is 0.317 e. The Kier molecular flexibility index (Phi) is 2.71. The van der Waals surface area contributed by atoms with E-state index in [-0.39, 0.29) is 0 Å². The van der Waals surface area contributed by atoms with Crippen molar-refractivity contribution >= 4 is 16.2 Å². The molecule has 2 aromatic rings. The van der Waals surface area contributed by atoms with Gasteiger partial charge in [-0.25, -0.2) is 4.98 Å². The van der Waals surface area contributed by atoms with Crippen molar-refractivity contribution in [3.05, 3.63) is 22.1 Å². The molecule has 4 heteroatoms. The number of piperidine rings is 1. The third kappa shape index (κ3) is 1.70. The van der Waals surface area contributed by atoms with E-state index in [2.05, 4.69) is 30.5 Å². The Morgan fingerprint density at radius 1 is 1.24 bits per heavy atom. The highest BCUT2D eigenvalue weighted by molar-refractivity contribution is 7.17. The lowest BCUT2D eigenvalue weighted by molar-refractivity contribution is 0.456. The highest BCUT2D eigenvalue weighted by atomic mass is 32.1. The van der Waals surface area contributed by atoms with E-state index in [4.69, 9.17) is 4.98 Å². The lowest BCUT2D eigenvalue weighted by atomic mass is 9.95. The normalized spacial score (nSPS) is 18.1. The molecule has 0 atom stereocenters. The molecular weight excluding hydrogens is 230 g/mol. The average molecular weight is 249 g/mol. The highest BCUT2D eigenvalue weighted by Gasteiger charge is 2.23. The smallest absolute Gasteiger partial charge is 0.123 e. The molecule has 1 fully saturated rings. The average Bonchev–Trinajstić information content (AvgIpc) is 2.81. The van der Waals surface area contributed by atoms with Crippen LogP contribution in [0.5, 0.6) is 0 Å². The number of hydrogen-bond acceptors (Lipinski definition) is 3. The van der Waals surface area contributed by atoms with Crippen molar-refractivity contribution in [1.82, 2.24) is 14.7 Å². The van der Waals surface area contributed by atoms with Crippen LogP contribution in [-0.4, -0.2) is 22.5 Å². The zero-order chi connectivity index (χ0) is 12.0. The van der Waals surface area contributed by atoms with Crippen molar-refractivity contribution in [2.75, 3.05) is 13.1 Å². The maximum absolute atomic E-state index is 4.82. The van der Waals surface area contributed by atoms with E-state index in [0.29, 0.717) is 5.92 Å². The van der Waals surface area contributed by atoms with Crippen LogP contribution in [0, 0.1) is 20.8 Å². The Labute approximate surface area is 106 Å². The predicted molar refractivity (Wildman–Crippen MR) is 72.1 cm³/mol. The first-order chi connectivity index (χ1) is 8.18. The van der Waals surface area contributed by atoms with Crippen molar-refractivity contribution in [2.45, 2.75) is 39.5 Å². The zero-order valence-corrected chi connectivity index (χ0v) is 11.5. The topological polar surface area (TPSA) is 29.3 Å². The number of aryl methyl sites for hydroxylation is 3. The third-order valence-electron chi connectivity index (χ3n) is 3.85. The van der Waals surface area contributed by atoms with E-state index in [1.54, 1.807) is 0 Å². The van der Waals surface area contributed by atoms with Crippen LogP contribution in [0.25, 0.3) is 4.83 Å². The van der Waals surface area contributed by atoms with Crippen LogP contribution < -0.4 is 5.32 Å². The molecule has 0 amide bonds. The summed E-state index contributed by atoms with van der Waals surface area (Å²) in [5.74, 6) is 1.80. The first kappa shape index (κ1) is 11.2. The van der Waals surface area contributed by atoms with Crippen LogP contribution in [0.3, 0.4) is 0 Å². The maximum atomic E-state index is 4.82. The molecule has 0 spiro atoms. The van der Waals surface area contributed by atoms with Crippen LogP contribution in [0.4, 0.5) is 0 Å². The third-order valence-corrected chi connectivity index (χ3v) is 5.04. The van der Waals surface area contributed by atoms with Gasteiger partial charge in [-0.15, -0.1) is 11.3 Å². The summed E-state index contributed by atoms with van der Waals surface area (Å²) in [6.45, 7) is 8.78. The number of thiazole rings is 1. The second-order valence-corrected chi connectivity index (χ2v) is 6.16. The molecule has 1 aliphatic heterocycles. The van der Waals surface area contributed by atoms with E-state index < -0.39 is 0 Å². The fourth-order valence-electron chi connectivity index (χ4n) is 2.76. The van der Waals surface area contributed by atoms with Crippen molar-refractivity contribution in [3.8, 4) is 0 Å². The van der Waals surface area contributed by atoms with Crippen molar-refractivity contribution in [2.24, 2.45) is 0 Å². The number of hydrogen-bond donors (Lipinski definition) is 1. The van der Waals surface area contributed by atoms with Crippen LogP contribution in [0.2, 0.25) is 0 Å². The number of imidazole rings is 1. The Bertz CT molecular complexity index is 546. The lowest BCUT2D eigenvalue weighted by Crippen LogP contribution is -2.26. The molecule has 3 rings (SSSR count). The van der Waals surface area contributed by atoms with Crippen LogP contribution in [-0.2, 0) is 0 Å². The molecule has 0 radical (unpaired) electrons. The molecule has 1 aliphatic rings. The zero-order valence-electron chi connectivity index (χ0n) is 10.7. The first-order valence-corrected chi connectivity index (χ1v) is 7.16. The van der Waals surface area contributed by atoms with Gasteiger partial charge < -0.3 is 5.32 Å². The van der Waals surface area contributed by atoms with Gasteiger partial charge in [-0.3, -0.25) is 4.40 Å². The number of nitrogens with one attached hydrogen (secondary N) is 1. The maximum Gasteiger partial charge on any atom is 0.123 e. The highest BCUT2D eigenvalue weighted by Crippen LogP contribution is 2.34. The summed E-state index contributed by atoms with van der Waals surface area (Å²) in [4.78, 5) is 7.62. The minimum absolute atomic E-state index is 0.650. The predicted octanol–water partition coefficient (Wildman–Crippen LogP) is 2.79. The molecular formula is C13H19N3S. The molecule has 3 heterocycles. The number of aromatic nitrogens is 2. The SMILES string of the molecule is Cc1sc2c(C3CCNCC3)nc(C)n2c1C. The summed E-state index contributed by atoms with van der Waals surface area (Å²) >= 11 is 1.90. The number of nitrogens with zero attached hydrogens (tertiary/aromatic N) is 2. The van der Waals surface area contributed by atoms with Gasteiger partial charge in [0.25, 0.3) is 0 Å². The standard InChI is InChI=1S/C13H19N3S/c1-8-9(2)17-13-12(15-10(3)16(8)13)11-4-6-14-7-5-11/h11,14H,4-7H2,1-3H3. The van der Waals surface area contributed by atoms with Gasteiger partial charge in [0.05, 0.1) is 5.69 Å². The van der Waals surface area contributed by atoms with E-state index in [1.165, 1.54) is 33.9 Å². The summed E-state index contributed by atoms with van der Waals surface area (Å²) in [5, 5.41) is 3.42. The summed E-state index contributed by atoms with van der Waals surface area (Å²) in [6, 6.07) is 0. The number of fused-ring (bicyclic) bond motifs is 1. The minimum atomic E-state index is 0.650. The summed E-state index contributed by atoms with van der Waals surface area (Å²) in [7, 11) is 0. The van der Waals surface area contributed by atoms with E-state index in [0.717, 1.165) is 18.9 Å². The second-order valence-electron chi connectivity index (χ2n) is 4.95. The molecule has 3 nitrogen and oxygen atoms in total. The van der Waals surface area contributed by atoms with Gasteiger partial charge in [0.1, 0.15) is 10.7 Å².